The van der Waals surface area contributed by atoms with Crippen molar-refractivity contribution < 1.29 is 10.9 Å². The highest BCUT2D eigenvalue weighted by Gasteiger charge is 2.15. The van der Waals surface area contributed by atoms with Crippen molar-refractivity contribution in [3.63, 3.8) is 0 Å². The molecule has 0 radical (unpaired) electrons. The average molecular weight is 222 g/mol. The summed E-state index contributed by atoms with van der Waals surface area (Å²) in [5, 5.41) is 2.49. The third-order valence-corrected chi connectivity index (χ3v) is 1.80. The van der Waals surface area contributed by atoms with Crippen molar-refractivity contribution in [2.75, 3.05) is 6.52 Å². The summed E-state index contributed by atoms with van der Waals surface area (Å²) in [7, 11) is 0. The molecule has 0 heterocycles. The summed E-state index contributed by atoms with van der Waals surface area (Å²) in [5.41, 5.74) is 0.486. The van der Waals surface area contributed by atoms with Gasteiger partial charge in [0.25, 0.3) is 0 Å². The van der Waals surface area contributed by atoms with E-state index in [1.165, 1.54) is 0 Å². The van der Waals surface area contributed by atoms with Crippen molar-refractivity contribution in [2.24, 2.45) is 0 Å². The normalized spacial score (nSPS) is 13.8. The maximum atomic E-state index is 11.4. The zero-order chi connectivity index (χ0) is 12.9. The number of aryl methyl sites for hydroxylation is 1. The minimum absolute atomic E-state index is 0.472. The number of hydrogen-bond donors (Lipinski definition) is 1. The van der Waals surface area contributed by atoms with Gasteiger partial charge in [-0.05, 0) is 32.8 Å². The fourth-order valence-corrected chi connectivity index (χ4v) is 1.17. The molecule has 1 N–H and O–H groups in total. The first-order valence-electron chi connectivity index (χ1n) is 5.90. The summed E-state index contributed by atoms with van der Waals surface area (Å²) in [4.78, 5) is 11.4. The van der Waals surface area contributed by atoms with Crippen molar-refractivity contribution >= 4 is 6.09 Å². The van der Waals surface area contributed by atoms with Gasteiger partial charge in [-0.2, -0.15) is 0 Å². The third kappa shape index (κ3) is 5.39. The SMILES string of the molecule is [2H]C(Cc1ccccc1)NC(=O)OC(C)(C)C. The van der Waals surface area contributed by atoms with E-state index in [-0.39, 0.29) is 0 Å². The van der Waals surface area contributed by atoms with Crippen LogP contribution in [-0.4, -0.2) is 18.2 Å². The first-order valence-corrected chi connectivity index (χ1v) is 5.32. The van der Waals surface area contributed by atoms with Gasteiger partial charge >= 0.3 is 6.09 Å². The predicted molar refractivity (Wildman–Crippen MR) is 64.4 cm³/mol. The number of carbonyl (C=O) groups excluding carboxylic acids is 1. The van der Waals surface area contributed by atoms with Gasteiger partial charge in [0.1, 0.15) is 5.60 Å². The van der Waals surface area contributed by atoms with Crippen LogP contribution in [0.25, 0.3) is 0 Å². The Bertz CT molecular complexity index is 359. The third-order valence-electron chi connectivity index (χ3n) is 1.80. The van der Waals surface area contributed by atoms with E-state index in [4.69, 9.17) is 6.11 Å². The number of rotatable bonds is 3. The molecule has 0 aliphatic rings. The number of hydrogen-bond acceptors (Lipinski definition) is 2. The molecule has 0 bridgehead atoms. The van der Waals surface area contributed by atoms with Crippen LogP contribution in [0.4, 0.5) is 4.79 Å². The second kappa shape index (κ2) is 5.54. The second-order valence-electron chi connectivity index (χ2n) is 4.54. The van der Waals surface area contributed by atoms with E-state index in [0.717, 1.165) is 5.56 Å². The smallest absolute Gasteiger partial charge is 0.407 e. The van der Waals surface area contributed by atoms with Crippen LogP contribution in [0.5, 0.6) is 0 Å². The average Bonchev–Trinajstić information content (AvgIpc) is 2.15. The van der Waals surface area contributed by atoms with Crippen LogP contribution in [-0.2, 0) is 11.2 Å². The van der Waals surface area contributed by atoms with E-state index in [2.05, 4.69) is 5.32 Å². The number of amides is 1. The number of benzene rings is 1. The number of ether oxygens (including phenoxy) is 1. The Kier molecular flexibility index (Phi) is 3.81. The van der Waals surface area contributed by atoms with Crippen molar-refractivity contribution in [1.29, 1.82) is 0 Å². The van der Waals surface area contributed by atoms with E-state index in [9.17, 15) is 4.79 Å². The molecular weight excluding hydrogens is 202 g/mol. The summed E-state index contributed by atoms with van der Waals surface area (Å²) in [5.74, 6) is 0. The van der Waals surface area contributed by atoms with Gasteiger partial charge in [0.15, 0.2) is 0 Å². The molecule has 0 saturated carbocycles. The zero-order valence-electron chi connectivity index (χ0n) is 11.0. The van der Waals surface area contributed by atoms with Gasteiger partial charge in [-0.3, -0.25) is 0 Å². The molecule has 1 aromatic rings. The van der Waals surface area contributed by atoms with Crippen molar-refractivity contribution in [3.8, 4) is 0 Å². The Morgan fingerprint density at radius 3 is 2.56 bits per heavy atom. The Labute approximate surface area is 98.2 Å². The summed E-state index contributed by atoms with van der Waals surface area (Å²) < 4.78 is 12.8. The highest BCUT2D eigenvalue weighted by Crippen LogP contribution is 2.06. The van der Waals surface area contributed by atoms with Gasteiger partial charge < -0.3 is 10.1 Å². The standard InChI is InChI=1S/C13H19NO2/c1-13(2,3)16-12(15)14-10-9-11-7-5-4-6-8-11/h4-8H,9-10H2,1-3H3,(H,14,15)/i10D. The summed E-state index contributed by atoms with van der Waals surface area (Å²) in [6, 6.07) is 9.60. The molecule has 0 aromatic heterocycles. The maximum absolute atomic E-state index is 11.4. The van der Waals surface area contributed by atoms with Crippen LogP contribution < -0.4 is 5.32 Å². The van der Waals surface area contributed by atoms with Gasteiger partial charge in [0, 0.05) is 7.89 Å². The minimum atomic E-state index is -0.688. The minimum Gasteiger partial charge on any atom is -0.444 e. The van der Waals surface area contributed by atoms with Crippen LogP contribution in [0.15, 0.2) is 30.3 Å². The predicted octanol–water partition coefficient (Wildman–Crippen LogP) is 2.75. The van der Waals surface area contributed by atoms with Crippen LogP contribution in [0, 0.1) is 0 Å². The molecule has 16 heavy (non-hydrogen) atoms. The van der Waals surface area contributed by atoms with Gasteiger partial charge in [-0.25, -0.2) is 4.79 Å². The molecule has 3 nitrogen and oxygen atoms in total. The molecule has 1 aromatic carbocycles. The lowest BCUT2D eigenvalue weighted by atomic mass is 10.1. The van der Waals surface area contributed by atoms with Gasteiger partial charge in [-0.1, -0.05) is 30.3 Å². The summed E-state index contributed by atoms with van der Waals surface area (Å²) in [6.07, 6.45) is -0.0754. The fourth-order valence-electron chi connectivity index (χ4n) is 1.17. The monoisotopic (exact) mass is 222 g/mol. The Balaban J connectivity index is 2.40. The van der Waals surface area contributed by atoms with E-state index >= 15 is 0 Å². The highest BCUT2D eigenvalue weighted by atomic mass is 16.6. The zero-order valence-corrected chi connectivity index (χ0v) is 9.99. The van der Waals surface area contributed by atoms with Crippen molar-refractivity contribution in [1.82, 2.24) is 5.32 Å². The van der Waals surface area contributed by atoms with Crippen LogP contribution in [0.3, 0.4) is 0 Å². The molecule has 1 amide bonds. The van der Waals surface area contributed by atoms with E-state index < -0.39 is 18.2 Å². The fraction of sp³-hybridized carbons (Fsp3) is 0.462. The molecule has 1 atom stereocenters. The first-order chi connectivity index (χ1) is 7.87. The quantitative estimate of drug-likeness (QED) is 0.854. The Hall–Kier alpha value is -1.51. The molecule has 0 saturated heterocycles. The van der Waals surface area contributed by atoms with Crippen LogP contribution in [0.2, 0.25) is 0 Å². The number of alkyl carbamates (subject to hydrolysis) is 1. The molecule has 0 aliphatic heterocycles. The summed E-state index contributed by atoms with van der Waals surface area (Å²) in [6.45, 7) is 4.70. The molecule has 0 aliphatic carbocycles. The Morgan fingerprint density at radius 1 is 1.38 bits per heavy atom. The lowest BCUT2D eigenvalue weighted by Crippen LogP contribution is -2.33. The van der Waals surface area contributed by atoms with E-state index in [1.54, 1.807) is 20.8 Å². The van der Waals surface area contributed by atoms with Gasteiger partial charge in [-0.15, -0.1) is 0 Å². The highest BCUT2D eigenvalue weighted by molar-refractivity contribution is 5.67. The molecular formula is C13H19NO2. The first kappa shape index (κ1) is 11.0. The van der Waals surface area contributed by atoms with Gasteiger partial charge in [0.05, 0.1) is 0 Å². The topological polar surface area (TPSA) is 38.3 Å². The largest absolute Gasteiger partial charge is 0.444 e. The van der Waals surface area contributed by atoms with Gasteiger partial charge in [0.2, 0.25) is 0 Å². The number of nitrogens with one attached hydrogen (secondary N) is 1. The lowest BCUT2D eigenvalue weighted by Gasteiger charge is -2.19. The van der Waals surface area contributed by atoms with E-state index in [0.29, 0.717) is 6.42 Å². The number of carbonyl (C=O) groups is 1. The van der Waals surface area contributed by atoms with E-state index in [1.807, 2.05) is 30.3 Å². The summed E-state index contributed by atoms with van der Waals surface area (Å²) >= 11 is 0. The van der Waals surface area contributed by atoms with Crippen LogP contribution in [0.1, 0.15) is 27.7 Å². The molecule has 88 valence electrons. The Morgan fingerprint density at radius 2 is 2.00 bits per heavy atom. The molecule has 0 spiro atoms. The molecule has 3 heteroatoms. The molecule has 1 rings (SSSR count). The van der Waals surface area contributed by atoms with Crippen molar-refractivity contribution in [3.05, 3.63) is 35.9 Å². The lowest BCUT2D eigenvalue weighted by molar-refractivity contribution is 0.0528. The van der Waals surface area contributed by atoms with Crippen molar-refractivity contribution in [2.45, 2.75) is 32.8 Å². The van der Waals surface area contributed by atoms with Crippen LogP contribution >= 0.6 is 0 Å². The maximum Gasteiger partial charge on any atom is 0.407 e. The second-order valence-corrected chi connectivity index (χ2v) is 4.54. The molecule has 1 unspecified atom stereocenters. The molecule has 0 fully saturated rings.